The van der Waals surface area contributed by atoms with Gasteiger partial charge in [-0.15, -0.1) is 10.2 Å². The van der Waals surface area contributed by atoms with Crippen molar-refractivity contribution in [2.75, 3.05) is 7.11 Å². The van der Waals surface area contributed by atoms with E-state index in [9.17, 15) is 4.79 Å². The number of benzene rings is 2. The summed E-state index contributed by atoms with van der Waals surface area (Å²) in [6, 6.07) is 10.3. The summed E-state index contributed by atoms with van der Waals surface area (Å²) >= 11 is 0. The maximum atomic E-state index is 12.6. The van der Waals surface area contributed by atoms with Gasteiger partial charge in [-0.2, -0.15) is 5.21 Å². The van der Waals surface area contributed by atoms with Crippen LogP contribution >= 0.6 is 0 Å². The van der Waals surface area contributed by atoms with Gasteiger partial charge in [-0.05, 0) is 35.5 Å². The Bertz CT molecular complexity index is 1050. The van der Waals surface area contributed by atoms with Crippen LogP contribution in [-0.4, -0.2) is 27.7 Å². The molecule has 8 heteroatoms. The zero-order valence-corrected chi connectivity index (χ0v) is 14.5. The quantitative estimate of drug-likeness (QED) is 0.386. The summed E-state index contributed by atoms with van der Waals surface area (Å²) < 4.78 is 11.0. The van der Waals surface area contributed by atoms with Crippen LogP contribution in [0, 0.1) is 0 Å². The standard InChI is InChI=1S/C15H10N4O3.Na.H/c1-21-9-3-5-12-11(7-9)14(20)10-4-2-8(6-13(10)22-12)15-16-18-19-17-15;;/h2-7H,1H3,(H,16,17,18,19);;/q;+1;-1. The van der Waals surface area contributed by atoms with Gasteiger partial charge in [0.25, 0.3) is 0 Å². The van der Waals surface area contributed by atoms with E-state index in [1.165, 1.54) is 0 Å². The molecular formula is C15H11N4NaO3. The number of ether oxygens (including phenoxy) is 1. The predicted molar refractivity (Wildman–Crippen MR) is 80.8 cm³/mol. The maximum absolute atomic E-state index is 12.6. The maximum Gasteiger partial charge on any atom is 1.00 e. The first-order chi connectivity index (χ1) is 10.8. The third kappa shape index (κ3) is 2.63. The molecule has 23 heavy (non-hydrogen) atoms. The van der Waals surface area contributed by atoms with Gasteiger partial charge in [0.05, 0.1) is 17.9 Å². The van der Waals surface area contributed by atoms with E-state index in [1.807, 2.05) is 0 Å². The molecule has 0 saturated carbocycles. The Labute approximate surface area is 153 Å². The summed E-state index contributed by atoms with van der Waals surface area (Å²) in [7, 11) is 1.56. The topological polar surface area (TPSA) is 93.9 Å². The Morgan fingerprint density at radius 2 is 2.00 bits per heavy atom. The van der Waals surface area contributed by atoms with Crippen LogP contribution in [0.3, 0.4) is 0 Å². The molecular weight excluding hydrogens is 307 g/mol. The third-order valence-corrected chi connectivity index (χ3v) is 3.48. The molecule has 0 aliphatic heterocycles. The fourth-order valence-corrected chi connectivity index (χ4v) is 2.38. The van der Waals surface area contributed by atoms with Gasteiger partial charge >= 0.3 is 29.6 Å². The second-order valence-corrected chi connectivity index (χ2v) is 4.74. The van der Waals surface area contributed by atoms with Gasteiger partial charge in [0.2, 0.25) is 11.3 Å². The van der Waals surface area contributed by atoms with Crippen molar-refractivity contribution >= 4 is 21.9 Å². The van der Waals surface area contributed by atoms with E-state index in [1.54, 1.807) is 43.5 Å². The van der Waals surface area contributed by atoms with Gasteiger partial charge in [-0.1, -0.05) is 6.07 Å². The number of aromatic amines is 1. The summed E-state index contributed by atoms with van der Waals surface area (Å²) in [6.45, 7) is 0. The molecule has 110 valence electrons. The molecule has 7 nitrogen and oxygen atoms in total. The Morgan fingerprint density at radius 1 is 1.13 bits per heavy atom. The minimum Gasteiger partial charge on any atom is -1.00 e. The Balaban J connectivity index is 0.00000104. The molecule has 2 aromatic heterocycles. The van der Waals surface area contributed by atoms with Crippen molar-refractivity contribution in [2.24, 2.45) is 0 Å². The SMILES string of the molecule is COc1ccc2oc3cc(-c4nn[nH]n4)ccc3c(=O)c2c1.[H-].[Na+]. The van der Waals surface area contributed by atoms with Crippen molar-refractivity contribution in [1.29, 1.82) is 0 Å². The van der Waals surface area contributed by atoms with E-state index in [0.29, 0.717) is 33.5 Å². The van der Waals surface area contributed by atoms with E-state index in [2.05, 4.69) is 20.6 Å². The molecule has 0 aliphatic rings. The molecule has 0 saturated heterocycles. The number of fused-ring (bicyclic) bond motifs is 2. The molecule has 0 aliphatic carbocycles. The van der Waals surface area contributed by atoms with Crippen LogP contribution < -0.4 is 39.7 Å². The second kappa shape index (κ2) is 6.11. The monoisotopic (exact) mass is 318 g/mol. The number of rotatable bonds is 2. The summed E-state index contributed by atoms with van der Waals surface area (Å²) in [6.07, 6.45) is 0. The minimum atomic E-state index is -0.102. The second-order valence-electron chi connectivity index (χ2n) is 4.74. The van der Waals surface area contributed by atoms with Crippen molar-refractivity contribution in [3.63, 3.8) is 0 Å². The van der Waals surface area contributed by atoms with Crippen molar-refractivity contribution < 1.29 is 40.1 Å². The van der Waals surface area contributed by atoms with Gasteiger partial charge in [0, 0.05) is 5.56 Å². The smallest absolute Gasteiger partial charge is 1.00 e. The molecule has 1 N–H and O–H groups in total. The zero-order valence-electron chi connectivity index (χ0n) is 13.5. The molecule has 0 spiro atoms. The first-order valence-corrected chi connectivity index (χ1v) is 6.55. The van der Waals surface area contributed by atoms with Gasteiger partial charge < -0.3 is 10.6 Å². The van der Waals surface area contributed by atoms with E-state index in [0.717, 1.165) is 5.56 Å². The predicted octanol–water partition coefficient (Wildman–Crippen LogP) is -0.749. The molecule has 0 amide bonds. The van der Waals surface area contributed by atoms with Crippen LogP contribution in [0.4, 0.5) is 0 Å². The van der Waals surface area contributed by atoms with Crippen LogP contribution in [0.15, 0.2) is 45.6 Å². The molecule has 0 unspecified atom stereocenters. The number of aromatic nitrogens is 4. The van der Waals surface area contributed by atoms with Gasteiger partial charge in [-0.3, -0.25) is 4.79 Å². The molecule has 0 bridgehead atoms. The molecule has 2 aromatic carbocycles. The van der Waals surface area contributed by atoms with Crippen molar-refractivity contribution in [1.82, 2.24) is 20.6 Å². The van der Waals surface area contributed by atoms with Crippen LogP contribution in [-0.2, 0) is 0 Å². The molecule has 4 aromatic rings. The average molecular weight is 318 g/mol. The molecule has 2 heterocycles. The molecule has 0 radical (unpaired) electrons. The summed E-state index contributed by atoms with van der Waals surface area (Å²) in [4.78, 5) is 12.6. The third-order valence-electron chi connectivity index (χ3n) is 3.48. The normalized spacial score (nSPS) is 10.7. The summed E-state index contributed by atoms with van der Waals surface area (Å²) in [5, 5.41) is 14.7. The minimum absolute atomic E-state index is 0. The van der Waals surface area contributed by atoms with Gasteiger partial charge in [0.15, 0.2) is 0 Å². The first kappa shape index (κ1) is 15.7. The van der Waals surface area contributed by atoms with Gasteiger partial charge in [0.1, 0.15) is 16.9 Å². The van der Waals surface area contributed by atoms with Crippen molar-refractivity contribution in [3.8, 4) is 17.1 Å². The summed E-state index contributed by atoms with van der Waals surface area (Å²) in [5.41, 5.74) is 1.60. The first-order valence-electron chi connectivity index (χ1n) is 6.55. The van der Waals surface area contributed by atoms with Crippen LogP contribution in [0.1, 0.15) is 1.43 Å². The number of methoxy groups -OCH3 is 1. The zero-order chi connectivity index (χ0) is 15.1. The van der Waals surface area contributed by atoms with E-state index in [4.69, 9.17) is 9.15 Å². The molecule has 0 fully saturated rings. The number of H-pyrrole nitrogens is 1. The number of nitrogens with one attached hydrogen (secondary N) is 1. The van der Waals surface area contributed by atoms with Crippen LogP contribution in [0.5, 0.6) is 5.75 Å². The number of hydrogen-bond acceptors (Lipinski definition) is 6. The van der Waals surface area contributed by atoms with Crippen LogP contribution in [0.25, 0.3) is 33.3 Å². The van der Waals surface area contributed by atoms with Crippen molar-refractivity contribution in [3.05, 3.63) is 46.6 Å². The number of hydrogen-bond donors (Lipinski definition) is 1. The number of tetrazole rings is 1. The van der Waals surface area contributed by atoms with Gasteiger partial charge in [-0.25, -0.2) is 0 Å². The van der Waals surface area contributed by atoms with Crippen LogP contribution in [0.2, 0.25) is 0 Å². The average Bonchev–Trinajstić information content (AvgIpc) is 3.09. The Kier molecular flexibility index (Phi) is 4.16. The Hall–Kier alpha value is -2.22. The van der Waals surface area contributed by atoms with E-state index >= 15 is 0 Å². The molecule has 0 atom stereocenters. The number of nitrogens with zero attached hydrogens (tertiary/aromatic N) is 3. The van der Waals surface area contributed by atoms with E-state index < -0.39 is 0 Å². The fraction of sp³-hybridized carbons (Fsp3) is 0.0667. The van der Waals surface area contributed by atoms with E-state index in [-0.39, 0.29) is 36.4 Å². The molecule has 4 rings (SSSR count). The van der Waals surface area contributed by atoms with Crippen molar-refractivity contribution in [2.45, 2.75) is 0 Å². The summed E-state index contributed by atoms with van der Waals surface area (Å²) in [5.74, 6) is 1.06. The fourth-order valence-electron chi connectivity index (χ4n) is 2.38. The Morgan fingerprint density at radius 3 is 2.74 bits per heavy atom. The largest absolute Gasteiger partial charge is 1.00 e.